The van der Waals surface area contributed by atoms with E-state index in [1.54, 1.807) is 29.5 Å². The van der Waals surface area contributed by atoms with E-state index in [0.29, 0.717) is 16.3 Å². The van der Waals surface area contributed by atoms with Crippen molar-refractivity contribution >= 4 is 34.4 Å². The molecule has 4 heteroatoms. The van der Waals surface area contributed by atoms with Crippen molar-refractivity contribution in [3.63, 3.8) is 0 Å². The van der Waals surface area contributed by atoms with E-state index >= 15 is 0 Å². The highest BCUT2D eigenvalue weighted by Crippen LogP contribution is 2.32. The Hall–Kier alpha value is -1.32. The van der Waals surface area contributed by atoms with Gasteiger partial charge in [0.15, 0.2) is 0 Å². The van der Waals surface area contributed by atoms with E-state index in [-0.39, 0.29) is 5.78 Å². The number of thiophene rings is 1. The first-order valence-corrected chi connectivity index (χ1v) is 7.56. The van der Waals surface area contributed by atoms with Gasteiger partial charge in [-0.05, 0) is 55.5 Å². The summed E-state index contributed by atoms with van der Waals surface area (Å²) in [6.45, 7) is 0. The topological polar surface area (TPSA) is 43.1 Å². The number of ketones is 1. The lowest BCUT2D eigenvalue weighted by Crippen LogP contribution is -2.00. The summed E-state index contributed by atoms with van der Waals surface area (Å²) >= 11 is 7.72. The maximum Gasteiger partial charge on any atom is 0.204 e. The van der Waals surface area contributed by atoms with Gasteiger partial charge in [0.05, 0.1) is 9.90 Å². The van der Waals surface area contributed by atoms with Crippen LogP contribution in [0.3, 0.4) is 0 Å². The number of aryl methyl sites for hydroxylation is 2. The summed E-state index contributed by atoms with van der Waals surface area (Å²) in [4.78, 5) is 14.6. The summed E-state index contributed by atoms with van der Waals surface area (Å²) in [7, 11) is 0. The zero-order chi connectivity index (χ0) is 13.4. The molecule has 1 aliphatic carbocycles. The minimum atomic E-state index is 0.00407. The van der Waals surface area contributed by atoms with Crippen LogP contribution in [0.4, 0.5) is 5.69 Å². The molecule has 1 heterocycles. The molecular formula is C15H14ClNOS. The van der Waals surface area contributed by atoms with Crippen molar-refractivity contribution < 1.29 is 4.79 Å². The number of carbonyl (C=O) groups is 1. The smallest absolute Gasteiger partial charge is 0.204 e. The fourth-order valence-corrected chi connectivity index (χ4v) is 3.93. The van der Waals surface area contributed by atoms with Crippen molar-refractivity contribution in [3.05, 3.63) is 50.2 Å². The molecule has 2 N–H and O–H groups in total. The lowest BCUT2D eigenvalue weighted by atomic mass is 9.98. The summed E-state index contributed by atoms with van der Waals surface area (Å²) in [6.07, 6.45) is 4.64. The molecule has 1 aromatic carbocycles. The van der Waals surface area contributed by atoms with E-state index in [1.165, 1.54) is 23.3 Å². The number of anilines is 1. The van der Waals surface area contributed by atoms with Crippen LogP contribution in [0.2, 0.25) is 5.02 Å². The lowest BCUT2D eigenvalue weighted by Gasteiger charge is -2.08. The second-order valence-electron chi connectivity index (χ2n) is 4.83. The molecule has 0 radical (unpaired) electrons. The standard InChI is InChI=1S/C15H14ClNOS/c16-12-8-10(17)5-6-11(12)15(18)14-7-9-3-1-2-4-13(9)19-14/h5-8H,1-4,17H2. The molecule has 98 valence electrons. The van der Waals surface area contributed by atoms with Gasteiger partial charge in [-0.1, -0.05) is 11.6 Å². The van der Waals surface area contributed by atoms with Crippen LogP contribution >= 0.6 is 22.9 Å². The first-order valence-electron chi connectivity index (χ1n) is 6.36. The number of nitrogens with two attached hydrogens (primary N) is 1. The highest BCUT2D eigenvalue weighted by atomic mass is 35.5. The first-order chi connectivity index (χ1) is 9.15. The molecule has 2 nitrogen and oxygen atoms in total. The molecule has 0 amide bonds. The van der Waals surface area contributed by atoms with E-state index in [1.807, 2.05) is 6.07 Å². The van der Waals surface area contributed by atoms with Gasteiger partial charge >= 0.3 is 0 Å². The number of nitrogen functional groups attached to an aromatic ring is 1. The van der Waals surface area contributed by atoms with Crippen molar-refractivity contribution in [1.82, 2.24) is 0 Å². The predicted molar refractivity (Wildman–Crippen MR) is 80.3 cm³/mol. The largest absolute Gasteiger partial charge is 0.399 e. The van der Waals surface area contributed by atoms with Crippen LogP contribution in [-0.2, 0) is 12.8 Å². The van der Waals surface area contributed by atoms with E-state index in [9.17, 15) is 4.79 Å². The first kappa shape index (κ1) is 12.7. The van der Waals surface area contributed by atoms with Gasteiger partial charge in [0, 0.05) is 16.1 Å². The highest BCUT2D eigenvalue weighted by molar-refractivity contribution is 7.14. The SMILES string of the molecule is Nc1ccc(C(=O)c2cc3c(s2)CCCC3)c(Cl)c1. The normalized spacial score (nSPS) is 14.2. The summed E-state index contributed by atoms with van der Waals surface area (Å²) in [5.41, 5.74) is 8.10. The van der Waals surface area contributed by atoms with Crippen LogP contribution < -0.4 is 5.73 Å². The van der Waals surface area contributed by atoms with Crippen LogP contribution in [0.5, 0.6) is 0 Å². The Morgan fingerprint density at radius 1 is 1.21 bits per heavy atom. The van der Waals surface area contributed by atoms with Crippen LogP contribution in [-0.4, -0.2) is 5.78 Å². The summed E-state index contributed by atoms with van der Waals surface area (Å²) < 4.78 is 0. The van der Waals surface area contributed by atoms with E-state index in [2.05, 4.69) is 0 Å². The zero-order valence-electron chi connectivity index (χ0n) is 10.4. The Morgan fingerprint density at radius 2 is 2.00 bits per heavy atom. The molecule has 0 saturated carbocycles. The molecule has 0 spiro atoms. The quantitative estimate of drug-likeness (QED) is 0.669. The number of fused-ring (bicyclic) bond motifs is 1. The molecule has 1 aromatic heterocycles. The fourth-order valence-electron chi connectivity index (χ4n) is 2.45. The highest BCUT2D eigenvalue weighted by Gasteiger charge is 2.19. The number of benzene rings is 1. The maximum atomic E-state index is 12.5. The van der Waals surface area contributed by atoms with Gasteiger partial charge < -0.3 is 5.73 Å². The van der Waals surface area contributed by atoms with Crippen LogP contribution in [0, 0.1) is 0 Å². The second-order valence-corrected chi connectivity index (χ2v) is 6.38. The van der Waals surface area contributed by atoms with Gasteiger partial charge in [0.1, 0.15) is 0 Å². The molecule has 0 aliphatic heterocycles. The number of carbonyl (C=O) groups excluding carboxylic acids is 1. The van der Waals surface area contributed by atoms with Crippen molar-refractivity contribution in [1.29, 1.82) is 0 Å². The lowest BCUT2D eigenvalue weighted by molar-refractivity contribution is 0.104. The van der Waals surface area contributed by atoms with Crippen LogP contribution in [0.25, 0.3) is 0 Å². The van der Waals surface area contributed by atoms with E-state index < -0.39 is 0 Å². The summed E-state index contributed by atoms with van der Waals surface area (Å²) in [6, 6.07) is 7.09. The van der Waals surface area contributed by atoms with Gasteiger partial charge in [0.2, 0.25) is 5.78 Å². The van der Waals surface area contributed by atoms with Crippen molar-refractivity contribution in [3.8, 4) is 0 Å². The van der Waals surface area contributed by atoms with Crippen LogP contribution in [0.1, 0.15) is 38.5 Å². The predicted octanol–water partition coefficient (Wildman–Crippen LogP) is 4.09. The van der Waals surface area contributed by atoms with Crippen LogP contribution in [0.15, 0.2) is 24.3 Å². The molecule has 0 bridgehead atoms. The number of hydrogen-bond donors (Lipinski definition) is 1. The Morgan fingerprint density at radius 3 is 2.74 bits per heavy atom. The average Bonchev–Trinajstić information content (AvgIpc) is 2.81. The Kier molecular flexibility index (Phi) is 3.33. The van der Waals surface area contributed by atoms with Crippen molar-refractivity contribution in [2.75, 3.05) is 5.73 Å². The molecular weight excluding hydrogens is 278 g/mol. The molecule has 0 fully saturated rings. The number of hydrogen-bond acceptors (Lipinski definition) is 3. The van der Waals surface area contributed by atoms with E-state index in [4.69, 9.17) is 17.3 Å². The fraction of sp³-hybridized carbons (Fsp3) is 0.267. The minimum absolute atomic E-state index is 0.00407. The van der Waals surface area contributed by atoms with Gasteiger partial charge in [0.25, 0.3) is 0 Å². The molecule has 0 atom stereocenters. The Labute approximate surface area is 121 Å². The molecule has 3 rings (SSSR count). The van der Waals surface area contributed by atoms with Gasteiger partial charge in [-0.15, -0.1) is 11.3 Å². The van der Waals surface area contributed by atoms with E-state index in [0.717, 1.165) is 17.7 Å². The molecule has 0 saturated heterocycles. The minimum Gasteiger partial charge on any atom is -0.399 e. The van der Waals surface area contributed by atoms with Gasteiger partial charge in [-0.2, -0.15) is 0 Å². The molecule has 19 heavy (non-hydrogen) atoms. The second kappa shape index (κ2) is 4.99. The van der Waals surface area contributed by atoms with Gasteiger partial charge in [-0.25, -0.2) is 0 Å². The summed E-state index contributed by atoms with van der Waals surface area (Å²) in [5.74, 6) is 0.00407. The number of rotatable bonds is 2. The molecule has 1 aliphatic rings. The molecule has 2 aromatic rings. The average molecular weight is 292 g/mol. The van der Waals surface area contributed by atoms with Crippen molar-refractivity contribution in [2.45, 2.75) is 25.7 Å². The third kappa shape index (κ3) is 2.40. The zero-order valence-corrected chi connectivity index (χ0v) is 12.0. The van der Waals surface area contributed by atoms with Crippen molar-refractivity contribution in [2.24, 2.45) is 0 Å². The van der Waals surface area contributed by atoms with Gasteiger partial charge in [-0.3, -0.25) is 4.79 Å². The Bertz CT molecular complexity index is 624. The third-order valence-electron chi connectivity index (χ3n) is 3.46. The number of halogens is 1. The Balaban J connectivity index is 1.97. The maximum absolute atomic E-state index is 12.5. The third-order valence-corrected chi connectivity index (χ3v) is 5.01. The summed E-state index contributed by atoms with van der Waals surface area (Å²) in [5, 5.41) is 0.427. The monoisotopic (exact) mass is 291 g/mol. The molecule has 0 unspecified atom stereocenters.